The van der Waals surface area contributed by atoms with E-state index >= 15 is 0 Å². The molecule has 1 aliphatic rings. The van der Waals surface area contributed by atoms with Crippen molar-refractivity contribution in [3.63, 3.8) is 0 Å². The maximum Gasteiger partial charge on any atom is 0.271 e. The number of carbonyl (C=O) groups excluding carboxylic acids is 2. The highest BCUT2D eigenvalue weighted by atomic mass is 16.6. The van der Waals surface area contributed by atoms with Crippen molar-refractivity contribution >= 4 is 23.2 Å². The zero-order chi connectivity index (χ0) is 21.0. The van der Waals surface area contributed by atoms with Gasteiger partial charge in [0.1, 0.15) is 6.04 Å². The number of anilines is 1. The van der Waals surface area contributed by atoms with E-state index in [1.54, 1.807) is 26.4 Å². The van der Waals surface area contributed by atoms with E-state index in [9.17, 15) is 19.7 Å². The van der Waals surface area contributed by atoms with Crippen LogP contribution >= 0.6 is 0 Å². The van der Waals surface area contributed by atoms with Gasteiger partial charge in [0.2, 0.25) is 5.91 Å². The summed E-state index contributed by atoms with van der Waals surface area (Å²) in [5.41, 5.74) is 1.24. The minimum atomic E-state index is -0.741. The van der Waals surface area contributed by atoms with Gasteiger partial charge in [0.05, 0.1) is 25.6 Å². The summed E-state index contributed by atoms with van der Waals surface area (Å²) in [5, 5.41) is 13.8. The van der Waals surface area contributed by atoms with Crippen LogP contribution in [0, 0.1) is 10.1 Å². The molecule has 9 nitrogen and oxygen atoms in total. The lowest BCUT2D eigenvalue weighted by Gasteiger charge is -2.16. The van der Waals surface area contributed by atoms with Crippen molar-refractivity contribution in [3.8, 4) is 11.5 Å². The molecule has 2 amide bonds. The van der Waals surface area contributed by atoms with E-state index in [-0.39, 0.29) is 30.5 Å². The molecule has 1 N–H and O–H groups in total. The van der Waals surface area contributed by atoms with Crippen LogP contribution in [0.25, 0.3) is 0 Å². The molecule has 0 aromatic heterocycles. The first kappa shape index (κ1) is 20.1. The van der Waals surface area contributed by atoms with Crippen LogP contribution in [0.15, 0.2) is 42.5 Å². The number of non-ortho nitro benzene ring substituents is 1. The summed E-state index contributed by atoms with van der Waals surface area (Å²) in [6.07, 6.45) is 0.481. The molecular weight excluding hydrogens is 378 g/mol. The van der Waals surface area contributed by atoms with E-state index in [1.807, 2.05) is 12.1 Å². The molecule has 0 unspecified atom stereocenters. The lowest BCUT2D eigenvalue weighted by atomic mass is 10.1. The van der Waals surface area contributed by atoms with Gasteiger partial charge in [0.15, 0.2) is 11.5 Å². The lowest BCUT2D eigenvalue weighted by Crippen LogP contribution is -2.36. The number of ether oxygens (including phenoxy) is 2. The van der Waals surface area contributed by atoms with Crippen LogP contribution in [-0.2, 0) is 16.0 Å². The molecule has 1 fully saturated rings. The third kappa shape index (κ3) is 4.45. The van der Waals surface area contributed by atoms with Crippen LogP contribution in [-0.4, -0.2) is 48.4 Å². The second-order valence-electron chi connectivity index (χ2n) is 6.53. The van der Waals surface area contributed by atoms with Crippen LogP contribution in [0.5, 0.6) is 11.5 Å². The molecule has 0 saturated carbocycles. The third-order valence-corrected chi connectivity index (χ3v) is 4.71. The molecule has 152 valence electrons. The molecule has 0 aliphatic carbocycles. The summed E-state index contributed by atoms with van der Waals surface area (Å²) in [6, 6.07) is 10.5. The Balaban J connectivity index is 1.65. The molecule has 2 aromatic carbocycles. The van der Waals surface area contributed by atoms with Gasteiger partial charge >= 0.3 is 0 Å². The van der Waals surface area contributed by atoms with Crippen LogP contribution in [0.1, 0.15) is 12.0 Å². The van der Waals surface area contributed by atoms with Crippen LogP contribution in [0.4, 0.5) is 11.4 Å². The van der Waals surface area contributed by atoms with E-state index in [2.05, 4.69) is 5.32 Å². The van der Waals surface area contributed by atoms with Gasteiger partial charge in [-0.2, -0.15) is 0 Å². The smallest absolute Gasteiger partial charge is 0.271 e. The Morgan fingerprint density at radius 3 is 2.59 bits per heavy atom. The predicted octanol–water partition coefficient (Wildman–Crippen LogP) is 2.39. The molecule has 29 heavy (non-hydrogen) atoms. The molecular formula is C20H21N3O6. The Labute approximate surface area is 167 Å². The van der Waals surface area contributed by atoms with Gasteiger partial charge in [0.25, 0.3) is 11.6 Å². The molecule has 3 rings (SSSR count). The Morgan fingerprint density at radius 2 is 1.90 bits per heavy atom. The van der Waals surface area contributed by atoms with Crippen molar-refractivity contribution in [2.24, 2.45) is 0 Å². The molecule has 0 spiro atoms. The fourth-order valence-electron chi connectivity index (χ4n) is 3.22. The number of methoxy groups -OCH3 is 2. The van der Waals surface area contributed by atoms with E-state index in [0.717, 1.165) is 5.56 Å². The largest absolute Gasteiger partial charge is 0.493 e. The number of imide groups is 1. The predicted molar refractivity (Wildman–Crippen MR) is 105 cm³/mol. The Kier molecular flexibility index (Phi) is 5.96. The molecule has 1 saturated heterocycles. The zero-order valence-corrected chi connectivity index (χ0v) is 16.1. The highest BCUT2D eigenvalue weighted by Gasteiger charge is 2.38. The first-order chi connectivity index (χ1) is 13.9. The van der Waals surface area contributed by atoms with Gasteiger partial charge in [-0.1, -0.05) is 12.1 Å². The number of nitro benzene ring substituents is 1. The number of hydrogen-bond donors (Lipinski definition) is 1. The standard InChI is InChI=1S/C20H21N3O6/c1-28-17-7-6-13(10-18(17)29-2)8-9-22-19(24)12-16(20(22)25)21-14-4-3-5-15(11-14)23(26)27/h3-7,10-11,16,21H,8-9,12H2,1-2H3/t16-/m0/s1. The second kappa shape index (κ2) is 8.59. The second-order valence-corrected chi connectivity index (χ2v) is 6.53. The van der Waals surface area contributed by atoms with Gasteiger partial charge < -0.3 is 14.8 Å². The summed E-state index contributed by atoms with van der Waals surface area (Å²) < 4.78 is 10.5. The van der Waals surface area contributed by atoms with Gasteiger partial charge in [0, 0.05) is 24.4 Å². The number of hydrogen-bond acceptors (Lipinski definition) is 7. The topological polar surface area (TPSA) is 111 Å². The summed E-state index contributed by atoms with van der Waals surface area (Å²) in [7, 11) is 3.09. The van der Waals surface area contributed by atoms with Gasteiger partial charge in [-0.25, -0.2) is 0 Å². The average Bonchev–Trinajstić information content (AvgIpc) is 2.98. The first-order valence-electron chi connectivity index (χ1n) is 8.99. The minimum absolute atomic E-state index is 0.00740. The van der Waals surface area contributed by atoms with Crippen LogP contribution in [0.3, 0.4) is 0 Å². The highest BCUT2D eigenvalue weighted by Crippen LogP contribution is 2.28. The molecule has 1 heterocycles. The number of amides is 2. The number of nitrogens with one attached hydrogen (secondary N) is 1. The Hall–Kier alpha value is -3.62. The number of carbonyl (C=O) groups is 2. The average molecular weight is 399 g/mol. The maximum atomic E-state index is 12.6. The lowest BCUT2D eigenvalue weighted by molar-refractivity contribution is -0.384. The number of rotatable bonds is 8. The Morgan fingerprint density at radius 1 is 1.14 bits per heavy atom. The van der Waals surface area contributed by atoms with E-state index in [0.29, 0.717) is 23.6 Å². The van der Waals surface area contributed by atoms with Crippen molar-refractivity contribution in [3.05, 3.63) is 58.1 Å². The summed E-state index contributed by atoms with van der Waals surface area (Å²) in [4.78, 5) is 36.6. The van der Waals surface area contributed by atoms with Gasteiger partial charge in [-0.05, 0) is 30.2 Å². The van der Waals surface area contributed by atoms with E-state index in [1.165, 1.54) is 23.1 Å². The van der Waals surface area contributed by atoms with Crippen molar-refractivity contribution in [2.75, 3.05) is 26.1 Å². The van der Waals surface area contributed by atoms with Gasteiger partial charge in [-0.15, -0.1) is 0 Å². The summed E-state index contributed by atoms with van der Waals surface area (Å²) in [5.74, 6) is 0.556. The van der Waals surface area contributed by atoms with Crippen LogP contribution < -0.4 is 14.8 Å². The molecule has 0 bridgehead atoms. The number of nitro groups is 1. The first-order valence-corrected chi connectivity index (χ1v) is 8.99. The molecule has 0 radical (unpaired) electrons. The van der Waals surface area contributed by atoms with Crippen molar-refractivity contribution in [1.82, 2.24) is 4.90 Å². The third-order valence-electron chi connectivity index (χ3n) is 4.71. The van der Waals surface area contributed by atoms with Crippen molar-refractivity contribution in [2.45, 2.75) is 18.9 Å². The van der Waals surface area contributed by atoms with Crippen molar-refractivity contribution in [1.29, 1.82) is 0 Å². The summed E-state index contributed by atoms with van der Waals surface area (Å²) in [6.45, 7) is 0.236. The molecule has 9 heteroatoms. The molecule has 2 aromatic rings. The van der Waals surface area contributed by atoms with Gasteiger partial charge in [-0.3, -0.25) is 24.6 Å². The normalized spacial score (nSPS) is 16.1. The quantitative estimate of drug-likeness (QED) is 0.412. The fourth-order valence-corrected chi connectivity index (χ4v) is 3.22. The number of likely N-dealkylation sites (tertiary alicyclic amines) is 1. The molecule has 1 aliphatic heterocycles. The maximum absolute atomic E-state index is 12.6. The van der Waals surface area contributed by atoms with E-state index < -0.39 is 11.0 Å². The SMILES string of the molecule is COc1ccc(CCN2C(=O)C[C@H](Nc3cccc([N+](=O)[O-])c3)C2=O)cc1OC. The van der Waals surface area contributed by atoms with Crippen LogP contribution in [0.2, 0.25) is 0 Å². The van der Waals surface area contributed by atoms with E-state index in [4.69, 9.17) is 9.47 Å². The number of benzene rings is 2. The Bertz CT molecular complexity index is 946. The minimum Gasteiger partial charge on any atom is -0.493 e. The fraction of sp³-hybridized carbons (Fsp3) is 0.300. The van der Waals surface area contributed by atoms with Crippen molar-refractivity contribution < 1.29 is 24.0 Å². The molecule has 1 atom stereocenters. The summed E-state index contributed by atoms with van der Waals surface area (Å²) >= 11 is 0. The zero-order valence-electron chi connectivity index (χ0n) is 16.1. The number of nitrogens with zero attached hydrogens (tertiary/aromatic N) is 2. The highest BCUT2D eigenvalue weighted by molar-refractivity contribution is 6.06. The monoisotopic (exact) mass is 399 g/mol.